The van der Waals surface area contributed by atoms with Gasteiger partial charge in [0.05, 0.1) is 12.7 Å². The predicted octanol–water partition coefficient (Wildman–Crippen LogP) is 1.65. The first-order valence-corrected chi connectivity index (χ1v) is 6.16. The van der Waals surface area contributed by atoms with E-state index in [-0.39, 0.29) is 5.69 Å². The smallest absolute Gasteiger partial charge is 0.358 e. The van der Waals surface area contributed by atoms with Crippen LogP contribution in [0.15, 0.2) is 30.5 Å². The van der Waals surface area contributed by atoms with Crippen LogP contribution >= 0.6 is 0 Å². The molecule has 0 saturated carbocycles. The van der Waals surface area contributed by atoms with Gasteiger partial charge in [0.2, 0.25) is 0 Å². The maximum atomic E-state index is 10.7. The second-order valence-corrected chi connectivity index (χ2v) is 4.11. The van der Waals surface area contributed by atoms with Crippen molar-refractivity contribution in [1.82, 2.24) is 15.0 Å². The Bertz CT molecular complexity index is 565. The largest absolute Gasteiger partial charge is 0.476 e. The average molecular weight is 260 g/mol. The van der Waals surface area contributed by atoms with E-state index in [1.807, 2.05) is 18.2 Å². The number of hydrogen-bond acceptors (Lipinski definition) is 4. The third-order valence-electron chi connectivity index (χ3n) is 2.81. The SMILES string of the molecule is CCc1ccccc1NCCn1cc(C(=O)O)nn1. The van der Waals surface area contributed by atoms with Crippen molar-refractivity contribution in [1.29, 1.82) is 0 Å². The number of aryl methyl sites for hydroxylation is 1. The number of rotatable bonds is 6. The number of carbonyl (C=O) groups is 1. The molecule has 0 unspecified atom stereocenters. The van der Waals surface area contributed by atoms with Gasteiger partial charge in [-0.1, -0.05) is 30.3 Å². The van der Waals surface area contributed by atoms with E-state index in [2.05, 4.69) is 28.6 Å². The Labute approximate surface area is 111 Å². The van der Waals surface area contributed by atoms with Crippen LogP contribution in [0.2, 0.25) is 0 Å². The number of hydrogen-bond donors (Lipinski definition) is 2. The maximum Gasteiger partial charge on any atom is 0.358 e. The van der Waals surface area contributed by atoms with Crippen molar-refractivity contribution in [2.45, 2.75) is 19.9 Å². The molecule has 0 aliphatic rings. The number of nitrogens with one attached hydrogen (secondary N) is 1. The molecule has 0 aliphatic carbocycles. The highest BCUT2D eigenvalue weighted by Gasteiger charge is 2.07. The fourth-order valence-corrected chi connectivity index (χ4v) is 1.81. The second kappa shape index (κ2) is 5.99. The maximum absolute atomic E-state index is 10.7. The third kappa shape index (κ3) is 3.31. The van der Waals surface area contributed by atoms with Crippen LogP contribution in [-0.2, 0) is 13.0 Å². The summed E-state index contributed by atoms with van der Waals surface area (Å²) in [5.41, 5.74) is 2.32. The van der Waals surface area contributed by atoms with Crippen LogP contribution in [0.1, 0.15) is 23.0 Å². The van der Waals surface area contributed by atoms with Crippen LogP contribution in [-0.4, -0.2) is 32.6 Å². The lowest BCUT2D eigenvalue weighted by molar-refractivity contribution is 0.0690. The van der Waals surface area contributed by atoms with Gasteiger partial charge in [0.25, 0.3) is 0 Å². The molecule has 1 aromatic heterocycles. The second-order valence-electron chi connectivity index (χ2n) is 4.11. The van der Waals surface area contributed by atoms with E-state index in [0.29, 0.717) is 13.1 Å². The molecule has 0 radical (unpaired) electrons. The highest BCUT2D eigenvalue weighted by Crippen LogP contribution is 2.14. The minimum Gasteiger partial charge on any atom is -0.476 e. The highest BCUT2D eigenvalue weighted by molar-refractivity contribution is 5.84. The first-order valence-electron chi connectivity index (χ1n) is 6.16. The van der Waals surface area contributed by atoms with Crippen molar-refractivity contribution in [2.24, 2.45) is 0 Å². The molecular weight excluding hydrogens is 244 g/mol. The van der Waals surface area contributed by atoms with Gasteiger partial charge in [-0.2, -0.15) is 0 Å². The molecule has 0 atom stereocenters. The zero-order valence-electron chi connectivity index (χ0n) is 10.7. The molecule has 0 amide bonds. The molecule has 0 fully saturated rings. The van der Waals surface area contributed by atoms with Crippen molar-refractivity contribution >= 4 is 11.7 Å². The summed E-state index contributed by atoms with van der Waals surface area (Å²) < 4.78 is 1.52. The molecule has 0 spiro atoms. The lowest BCUT2D eigenvalue weighted by atomic mass is 10.1. The summed E-state index contributed by atoms with van der Waals surface area (Å²) in [4.78, 5) is 10.7. The van der Waals surface area contributed by atoms with Gasteiger partial charge in [-0.05, 0) is 18.1 Å². The first-order chi connectivity index (χ1) is 9.20. The molecule has 19 heavy (non-hydrogen) atoms. The molecule has 1 heterocycles. The number of benzene rings is 1. The standard InChI is InChI=1S/C13H16N4O2/c1-2-10-5-3-4-6-11(10)14-7-8-17-9-12(13(18)19)15-16-17/h3-6,9,14H,2,7-8H2,1H3,(H,18,19). The van der Waals surface area contributed by atoms with Gasteiger partial charge in [-0.3, -0.25) is 0 Å². The average Bonchev–Trinajstić information content (AvgIpc) is 2.88. The van der Waals surface area contributed by atoms with Crippen LogP contribution < -0.4 is 5.32 Å². The van der Waals surface area contributed by atoms with Crippen LogP contribution in [0.4, 0.5) is 5.69 Å². The van der Waals surface area contributed by atoms with Crippen LogP contribution in [0.3, 0.4) is 0 Å². The van der Waals surface area contributed by atoms with Crippen LogP contribution in [0.25, 0.3) is 0 Å². The molecule has 2 N–H and O–H groups in total. The van der Waals surface area contributed by atoms with Crippen molar-refractivity contribution in [2.75, 3.05) is 11.9 Å². The number of carboxylic acid groups (broad SMARTS) is 1. The Kier molecular flexibility index (Phi) is 4.12. The van der Waals surface area contributed by atoms with E-state index in [1.54, 1.807) is 0 Å². The monoisotopic (exact) mass is 260 g/mol. The van der Waals surface area contributed by atoms with Gasteiger partial charge in [-0.15, -0.1) is 5.10 Å². The lowest BCUT2D eigenvalue weighted by Crippen LogP contribution is -2.12. The summed E-state index contributed by atoms with van der Waals surface area (Å²) in [7, 11) is 0. The van der Waals surface area contributed by atoms with Crippen molar-refractivity contribution in [3.05, 3.63) is 41.7 Å². The Morgan fingerprint density at radius 3 is 2.89 bits per heavy atom. The zero-order valence-corrected chi connectivity index (χ0v) is 10.7. The number of anilines is 1. The number of aromatic carboxylic acids is 1. The topological polar surface area (TPSA) is 80.0 Å². The summed E-state index contributed by atoms with van der Waals surface area (Å²) in [6.07, 6.45) is 2.39. The van der Waals surface area contributed by atoms with Crippen molar-refractivity contribution < 1.29 is 9.90 Å². The van der Waals surface area contributed by atoms with Gasteiger partial charge in [-0.25, -0.2) is 9.48 Å². The molecule has 100 valence electrons. The Morgan fingerprint density at radius 1 is 1.42 bits per heavy atom. The molecule has 0 saturated heterocycles. The van der Waals surface area contributed by atoms with E-state index >= 15 is 0 Å². The summed E-state index contributed by atoms with van der Waals surface area (Å²) in [5.74, 6) is -1.06. The highest BCUT2D eigenvalue weighted by atomic mass is 16.4. The molecule has 6 heteroatoms. The molecule has 2 aromatic rings. The number of para-hydroxylation sites is 1. The molecule has 6 nitrogen and oxygen atoms in total. The van der Waals surface area contributed by atoms with Gasteiger partial charge in [0.1, 0.15) is 0 Å². The van der Waals surface area contributed by atoms with Crippen molar-refractivity contribution in [3.63, 3.8) is 0 Å². The first kappa shape index (κ1) is 13.1. The number of carboxylic acids is 1. The fourth-order valence-electron chi connectivity index (χ4n) is 1.81. The van der Waals surface area contributed by atoms with Crippen LogP contribution in [0, 0.1) is 0 Å². The number of aromatic nitrogens is 3. The van der Waals surface area contributed by atoms with Crippen LogP contribution in [0.5, 0.6) is 0 Å². The van der Waals surface area contributed by atoms with Gasteiger partial charge >= 0.3 is 5.97 Å². The van der Waals surface area contributed by atoms with E-state index in [1.165, 1.54) is 16.4 Å². The number of nitrogens with zero attached hydrogens (tertiary/aromatic N) is 3. The Morgan fingerprint density at radius 2 is 2.21 bits per heavy atom. The van der Waals surface area contributed by atoms with Gasteiger partial charge in [0.15, 0.2) is 5.69 Å². The predicted molar refractivity (Wildman–Crippen MR) is 71.3 cm³/mol. The van der Waals surface area contributed by atoms with Crippen molar-refractivity contribution in [3.8, 4) is 0 Å². The summed E-state index contributed by atoms with van der Waals surface area (Å²) in [5, 5.41) is 19.4. The van der Waals surface area contributed by atoms with Gasteiger partial charge in [0, 0.05) is 12.2 Å². The zero-order chi connectivity index (χ0) is 13.7. The molecule has 1 aromatic carbocycles. The molecule has 0 bridgehead atoms. The fraction of sp³-hybridized carbons (Fsp3) is 0.308. The lowest BCUT2D eigenvalue weighted by Gasteiger charge is -2.10. The molecular formula is C13H16N4O2. The minimum absolute atomic E-state index is 0.0334. The van der Waals surface area contributed by atoms with E-state index in [0.717, 1.165) is 12.1 Å². The van der Waals surface area contributed by atoms with E-state index < -0.39 is 5.97 Å². The van der Waals surface area contributed by atoms with Gasteiger partial charge < -0.3 is 10.4 Å². The Hall–Kier alpha value is -2.37. The molecule has 2 rings (SSSR count). The summed E-state index contributed by atoms with van der Waals surface area (Å²) in [6, 6.07) is 8.11. The normalized spacial score (nSPS) is 10.4. The Balaban J connectivity index is 1.90. The van der Waals surface area contributed by atoms with E-state index in [9.17, 15) is 4.79 Å². The minimum atomic E-state index is -1.06. The quantitative estimate of drug-likeness (QED) is 0.825. The summed E-state index contributed by atoms with van der Waals surface area (Å²) in [6.45, 7) is 3.34. The molecule has 0 aliphatic heterocycles. The third-order valence-corrected chi connectivity index (χ3v) is 2.81. The summed E-state index contributed by atoms with van der Waals surface area (Å²) >= 11 is 0. The van der Waals surface area contributed by atoms with E-state index in [4.69, 9.17) is 5.11 Å².